The second-order valence-electron chi connectivity index (χ2n) is 6.85. The first-order chi connectivity index (χ1) is 13.3. The van der Waals surface area contributed by atoms with Crippen molar-refractivity contribution in [2.75, 3.05) is 25.5 Å². The Bertz CT molecular complexity index is 961. The van der Waals surface area contributed by atoms with Crippen molar-refractivity contribution in [2.24, 2.45) is 5.92 Å². The van der Waals surface area contributed by atoms with E-state index in [0.29, 0.717) is 35.8 Å². The Morgan fingerprint density at radius 1 is 1.21 bits per heavy atom. The Morgan fingerprint density at radius 2 is 1.93 bits per heavy atom. The normalized spacial score (nSPS) is 17.9. The van der Waals surface area contributed by atoms with Gasteiger partial charge in [0.05, 0.1) is 23.6 Å². The number of piperidine rings is 1. The molecule has 2 aromatic carbocycles. The zero-order valence-electron chi connectivity index (χ0n) is 15.8. The number of carbonyl (C=O) groups excluding carboxylic acids is 1. The molecule has 0 aliphatic carbocycles. The minimum Gasteiger partial charge on any atom is -0.495 e. The molecule has 0 bridgehead atoms. The number of halogens is 1. The maximum absolute atomic E-state index is 12.9. The number of sulfonamides is 1. The van der Waals surface area contributed by atoms with E-state index in [0.717, 1.165) is 5.56 Å². The van der Waals surface area contributed by atoms with Gasteiger partial charge in [-0.05, 0) is 50.1 Å². The second-order valence-corrected chi connectivity index (χ2v) is 9.22. The van der Waals surface area contributed by atoms with Gasteiger partial charge in [-0.1, -0.05) is 29.3 Å². The molecule has 1 fully saturated rings. The van der Waals surface area contributed by atoms with E-state index in [1.54, 1.807) is 42.5 Å². The third kappa shape index (κ3) is 4.48. The molecule has 1 heterocycles. The summed E-state index contributed by atoms with van der Waals surface area (Å²) in [5.41, 5.74) is 1.46. The first kappa shape index (κ1) is 20.6. The van der Waals surface area contributed by atoms with Crippen LogP contribution in [0.1, 0.15) is 18.4 Å². The zero-order valence-corrected chi connectivity index (χ0v) is 17.4. The van der Waals surface area contributed by atoms with E-state index in [1.165, 1.54) is 11.4 Å². The van der Waals surface area contributed by atoms with Crippen LogP contribution in [0.25, 0.3) is 0 Å². The summed E-state index contributed by atoms with van der Waals surface area (Å²) in [4.78, 5) is 13.0. The van der Waals surface area contributed by atoms with Gasteiger partial charge in [-0.15, -0.1) is 0 Å². The fourth-order valence-electron chi connectivity index (χ4n) is 3.25. The number of amides is 1. The number of hydrogen-bond donors (Lipinski definition) is 1. The molecule has 0 unspecified atom stereocenters. The van der Waals surface area contributed by atoms with Crippen LogP contribution in [0.3, 0.4) is 0 Å². The van der Waals surface area contributed by atoms with Gasteiger partial charge in [-0.25, -0.2) is 8.42 Å². The molecule has 28 heavy (non-hydrogen) atoms. The van der Waals surface area contributed by atoms with Crippen LogP contribution in [-0.4, -0.2) is 38.8 Å². The van der Waals surface area contributed by atoms with Crippen molar-refractivity contribution in [3.8, 4) is 5.75 Å². The minimum absolute atomic E-state index is 0.144. The number of nitrogens with zero attached hydrogens (tertiary/aromatic N) is 1. The first-order valence-corrected chi connectivity index (χ1v) is 10.8. The van der Waals surface area contributed by atoms with Gasteiger partial charge in [-0.2, -0.15) is 4.31 Å². The van der Waals surface area contributed by atoms with Crippen LogP contribution >= 0.6 is 11.6 Å². The predicted molar refractivity (Wildman–Crippen MR) is 109 cm³/mol. The average Bonchev–Trinajstić information content (AvgIpc) is 2.68. The SMILES string of the molecule is COc1ccc(Cl)cc1NC(=O)[C@@H]1CCCN(S(=O)(=O)c2ccc(C)cc2)C1. The van der Waals surface area contributed by atoms with Crippen LogP contribution < -0.4 is 10.1 Å². The number of methoxy groups -OCH3 is 1. The summed E-state index contributed by atoms with van der Waals surface area (Å²) in [5, 5.41) is 3.30. The Balaban J connectivity index is 1.75. The van der Waals surface area contributed by atoms with Gasteiger partial charge in [0.15, 0.2) is 0 Å². The third-order valence-electron chi connectivity index (χ3n) is 4.83. The van der Waals surface area contributed by atoms with Crippen molar-refractivity contribution in [3.63, 3.8) is 0 Å². The van der Waals surface area contributed by atoms with Gasteiger partial charge in [0, 0.05) is 18.1 Å². The molecule has 0 spiro atoms. The molecular weight excluding hydrogens is 400 g/mol. The first-order valence-electron chi connectivity index (χ1n) is 9.02. The fourth-order valence-corrected chi connectivity index (χ4v) is 4.94. The number of rotatable bonds is 5. The molecule has 1 N–H and O–H groups in total. The van der Waals surface area contributed by atoms with E-state index >= 15 is 0 Å². The molecule has 8 heteroatoms. The monoisotopic (exact) mass is 422 g/mol. The van der Waals surface area contributed by atoms with E-state index in [4.69, 9.17) is 16.3 Å². The highest BCUT2D eigenvalue weighted by molar-refractivity contribution is 7.89. The zero-order chi connectivity index (χ0) is 20.3. The standard InChI is InChI=1S/C20H23ClN2O4S/c1-14-5-8-17(9-6-14)28(25,26)23-11-3-4-15(13-23)20(24)22-18-12-16(21)7-10-19(18)27-2/h5-10,12,15H,3-4,11,13H2,1-2H3,(H,22,24)/t15-/m1/s1. The molecule has 2 aromatic rings. The summed E-state index contributed by atoms with van der Waals surface area (Å²) in [6, 6.07) is 11.7. The molecule has 3 rings (SSSR count). The summed E-state index contributed by atoms with van der Waals surface area (Å²) >= 11 is 6.01. The van der Waals surface area contributed by atoms with E-state index in [9.17, 15) is 13.2 Å². The van der Waals surface area contributed by atoms with Crippen molar-refractivity contribution >= 4 is 33.2 Å². The smallest absolute Gasteiger partial charge is 0.243 e. The topological polar surface area (TPSA) is 75.7 Å². The van der Waals surface area contributed by atoms with Crippen molar-refractivity contribution in [3.05, 3.63) is 53.1 Å². The quantitative estimate of drug-likeness (QED) is 0.797. The number of aryl methyl sites for hydroxylation is 1. The largest absolute Gasteiger partial charge is 0.495 e. The van der Waals surface area contributed by atoms with Crippen molar-refractivity contribution in [1.29, 1.82) is 0 Å². The van der Waals surface area contributed by atoms with Crippen LogP contribution in [0.15, 0.2) is 47.4 Å². The van der Waals surface area contributed by atoms with Crippen molar-refractivity contribution in [1.82, 2.24) is 4.31 Å². The third-order valence-corrected chi connectivity index (χ3v) is 6.95. The van der Waals surface area contributed by atoms with E-state index in [2.05, 4.69) is 5.32 Å². The van der Waals surface area contributed by atoms with Gasteiger partial charge in [-0.3, -0.25) is 4.79 Å². The lowest BCUT2D eigenvalue weighted by atomic mass is 9.98. The summed E-state index contributed by atoms with van der Waals surface area (Å²) in [6.07, 6.45) is 1.24. The number of nitrogens with one attached hydrogen (secondary N) is 1. The number of benzene rings is 2. The van der Waals surface area contributed by atoms with Gasteiger partial charge in [0.1, 0.15) is 5.75 Å². The Morgan fingerprint density at radius 3 is 2.61 bits per heavy atom. The lowest BCUT2D eigenvalue weighted by molar-refractivity contribution is -0.120. The van der Waals surface area contributed by atoms with Gasteiger partial charge in [0.25, 0.3) is 0 Å². The van der Waals surface area contributed by atoms with Crippen LogP contribution in [0.2, 0.25) is 5.02 Å². The van der Waals surface area contributed by atoms with Gasteiger partial charge < -0.3 is 10.1 Å². The maximum atomic E-state index is 12.9. The minimum atomic E-state index is -3.63. The molecule has 0 saturated carbocycles. The highest BCUT2D eigenvalue weighted by Gasteiger charge is 2.33. The molecule has 1 atom stereocenters. The summed E-state index contributed by atoms with van der Waals surface area (Å²) in [6.45, 7) is 2.45. The van der Waals surface area contributed by atoms with E-state index in [-0.39, 0.29) is 17.3 Å². The van der Waals surface area contributed by atoms with Gasteiger partial charge >= 0.3 is 0 Å². The summed E-state index contributed by atoms with van der Waals surface area (Å²) < 4.78 is 32.5. The molecule has 6 nitrogen and oxygen atoms in total. The second kappa shape index (κ2) is 8.51. The Kier molecular flexibility index (Phi) is 6.27. The van der Waals surface area contributed by atoms with Crippen LogP contribution in [0, 0.1) is 12.8 Å². The molecule has 1 aliphatic rings. The highest BCUT2D eigenvalue weighted by atomic mass is 35.5. The average molecular weight is 423 g/mol. The molecule has 1 aliphatic heterocycles. The maximum Gasteiger partial charge on any atom is 0.243 e. The number of hydrogen-bond acceptors (Lipinski definition) is 4. The molecule has 0 radical (unpaired) electrons. The van der Waals surface area contributed by atoms with E-state index in [1.807, 2.05) is 6.92 Å². The van der Waals surface area contributed by atoms with Crippen LogP contribution in [-0.2, 0) is 14.8 Å². The van der Waals surface area contributed by atoms with Crippen molar-refractivity contribution < 1.29 is 17.9 Å². The van der Waals surface area contributed by atoms with Crippen LogP contribution in [0.4, 0.5) is 5.69 Å². The van der Waals surface area contributed by atoms with Gasteiger partial charge in [0.2, 0.25) is 15.9 Å². The predicted octanol–water partition coefficient (Wildman–Crippen LogP) is 3.70. The Labute approximate surface area is 170 Å². The lowest BCUT2D eigenvalue weighted by Gasteiger charge is -2.31. The van der Waals surface area contributed by atoms with Crippen LogP contribution in [0.5, 0.6) is 5.75 Å². The fraction of sp³-hybridized carbons (Fsp3) is 0.350. The molecule has 0 aromatic heterocycles. The molecule has 150 valence electrons. The van der Waals surface area contributed by atoms with E-state index < -0.39 is 15.9 Å². The molecule has 1 saturated heterocycles. The highest BCUT2D eigenvalue weighted by Crippen LogP contribution is 2.30. The molecular formula is C20H23ClN2O4S. The summed E-state index contributed by atoms with van der Waals surface area (Å²) in [5.74, 6) is -0.195. The lowest BCUT2D eigenvalue weighted by Crippen LogP contribution is -2.43. The number of anilines is 1. The number of ether oxygens (including phenoxy) is 1. The molecule has 1 amide bonds. The van der Waals surface area contributed by atoms with Crippen molar-refractivity contribution in [2.45, 2.75) is 24.7 Å². The number of carbonyl (C=O) groups is 1. The summed E-state index contributed by atoms with van der Waals surface area (Å²) in [7, 11) is -2.12. The Hall–Kier alpha value is -2.09.